The number of benzene rings is 1. The first-order chi connectivity index (χ1) is 13.6. The number of esters is 1. The Balaban J connectivity index is 1.34. The van der Waals surface area contributed by atoms with Crippen LogP contribution in [0.1, 0.15) is 10.4 Å². The van der Waals surface area contributed by atoms with Crippen molar-refractivity contribution in [3.05, 3.63) is 54.9 Å². The van der Waals surface area contributed by atoms with Crippen molar-refractivity contribution in [3.8, 4) is 5.82 Å². The molecule has 0 saturated carbocycles. The standard InChI is InChI=1S/C18H17N7O3/c1-28-18(27)12-2-4-14(5-3-12)23-17(26)13-7-24(8-13)15-6-16(21-10-20-15)25-11-19-9-22-25/h2-6,9-11,13H,7-8H2,1H3,(H,23,26). The number of hydrogen-bond donors (Lipinski definition) is 1. The van der Waals surface area contributed by atoms with Crippen LogP contribution in [0.2, 0.25) is 0 Å². The van der Waals surface area contributed by atoms with Gasteiger partial charge in [-0.2, -0.15) is 5.10 Å². The van der Waals surface area contributed by atoms with Gasteiger partial charge in [0.2, 0.25) is 5.91 Å². The molecule has 0 unspecified atom stereocenters. The Morgan fingerprint density at radius 1 is 1.11 bits per heavy atom. The second-order valence-electron chi connectivity index (χ2n) is 6.23. The zero-order chi connectivity index (χ0) is 19.5. The van der Waals surface area contributed by atoms with Crippen molar-refractivity contribution in [3.63, 3.8) is 0 Å². The smallest absolute Gasteiger partial charge is 0.337 e. The van der Waals surface area contributed by atoms with E-state index in [2.05, 4.69) is 30.1 Å². The summed E-state index contributed by atoms with van der Waals surface area (Å²) >= 11 is 0. The normalized spacial score (nSPS) is 13.7. The monoisotopic (exact) mass is 379 g/mol. The van der Waals surface area contributed by atoms with E-state index in [0.29, 0.717) is 30.2 Å². The number of anilines is 2. The molecule has 1 N–H and O–H groups in total. The fourth-order valence-corrected chi connectivity index (χ4v) is 2.85. The van der Waals surface area contributed by atoms with Crippen molar-refractivity contribution < 1.29 is 14.3 Å². The number of rotatable bonds is 5. The third-order valence-corrected chi connectivity index (χ3v) is 4.44. The Bertz CT molecular complexity index is 983. The Morgan fingerprint density at radius 3 is 2.54 bits per heavy atom. The Labute approximate surface area is 160 Å². The first kappa shape index (κ1) is 17.6. The molecule has 4 rings (SSSR count). The maximum Gasteiger partial charge on any atom is 0.337 e. The third kappa shape index (κ3) is 3.52. The molecule has 1 aliphatic heterocycles. The van der Waals surface area contributed by atoms with Crippen molar-refractivity contribution in [1.29, 1.82) is 0 Å². The van der Waals surface area contributed by atoms with Gasteiger partial charge in [-0.05, 0) is 24.3 Å². The van der Waals surface area contributed by atoms with Crippen LogP contribution in [0.25, 0.3) is 5.82 Å². The van der Waals surface area contributed by atoms with E-state index in [0.717, 1.165) is 5.82 Å². The first-order valence-corrected chi connectivity index (χ1v) is 8.55. The molecular weight excluding hydrogens is 362 g/mol. The molecule has 142 valence electrons. The van der Waals surface area contributed by atoms with Gasteiger partial charge >= 0.3 is 5.97 Å². The van der Waals surface area contributed by atoms with Crippen molar-refractivity contribution in [2.75, 3.05) is 30.4 Å². The van der Waals surface area contributed by atoms with Gasteiger partial charge in [0.05, 0.1) is 18.6 Å². The summed E-state index contributed by atoms with van der Waals surface area (Å²) in [5, 5.41) is 6.91. The Hall–Kier alpha value is -3.82. The number of methoxy groups -OCH3 is 1. The van der Waals surface area contributed by atoms with Gasteiger partial charge in [-0.3, -0.25) is 4.79 Å². The second kappa shape index (κ2) is 7.43. The second-order valence-corrected chi connectivity index (χ2v) is 6.23. The van der Waals surface area contributed by atoms with Crippen LogP contribution in [-0.4, -0.2) is 56.8 Å². The predicted molar refractivity (Wildman–Crippen MR) is 99.1 cm³/mol. The van der Waals surface area contributed by atoms with Gasteiger partial charge < -0.3 is 15.0 Å². The van der Waals surface area contributed by atoms with Crippen LogP contribution in [0.4, 0.5) is 11.5 Å². The minimum Gasteiger partial charge on any atom is -0.465 e. The number of carbonyl (C=O) groups is 2. The van der Waals surface area contributed by atoms with E-state index < -0.39 is 5.97 Å². The predicted octanol–water partition coefficient (Wildman–Crippen LogP) is 0.919. The molecule has 0 aliphatic carbocycles. The summed E-state index contributed by atoms with van der Waals surface area (Å²) in [7, 11) is 1.33. The zero-order valence-corrected chi connectivity index (χ0v) is 15.0. The summed E-state index contributed by atoms with van der Waals surface area (Å²) in [6.45, 7) is 1.11. The fraction of sp³-hybridized carbons (Fsp3) is 0.222. The number of aromatic nitrogens is 5. The lowest BCUT2D eigenvalue weighted by Crippen LogP contribution is -2.52. The van der Waals surface area contributed by atoms with E-state index in [9.17, 15) is 9.59 Å². The molecule has 1 fully saturated rings. The highest BCUT2D eigenvalue weighted by Crippen LogP contribution is 2.24. The highest BCUT2D eigenvalue weighted by atomic mass is 16.5. The zero-order valence-electron chi connectivity index (χ0n) is 15.0. The number of ether oxygens (including phenoxy) is 1. The molecule has 3 aromatic rings. The first-order valence-electron chi connectivity index (χ1n) is 8.55. The van der Waals surface area contributed by atoms with Gasteiger partial charge in [0, 0.05) is 24.8 Å². The highest BCUT2D eigenvalue weighted by Gasteiger charge is 2.33. The van der Waals surface area contributed by atoms with Gasteiger partial charge in [0.15, 0.2) is 5.82 Å². The van der Waals surface area contributed by atoms with Crippen molar-refractivity contribution in [1.82, 2.24) is 24.7 Å². The van der Waals surface area contributed by atoms with Crippen molar-refractivity contribution in [2.45, 2.75) is 0 Å². The summed E-state index contributed by atoms with van der Waals surface area (Å²) in [5.74, 6) is 0.702. The number of nitrogens with zero attached hydrogens (tertiary/aromatic N) is 6. The minimum atomic E-state index is -0.414. The van der Waals surface area contributed by atoms with E-state index in [-0.39, 0.29) is 11.8 Å². The fourth-order valence-electron chi connectivity index (χ4n) is 2.85. The number of hydrogen-bond acceptors (Lipinski definition) is 8. The molecule has 28 heavy (non-hydrogen) atoms. The van der Waals surface area contributed by atoms with Crippen LogP contribution in [0.15, 0.2) is 49.3 Å². The lowest BCUT2D eigenvalue weighted by atomic mass is 9.99. The van der Waals surface area contributed by atoms with Crippen LogP contribution in [0.5, 0.6) is 0 Å². The van der Waals surface area contributed by atoms with Crippen LogP contribution >= 0.6 is 0 Å². The molecule has 1 aliphatic rings. The lowest BCUT2D eigenvalue weighted by molar-refractivity contribution is -0.120. The highest BCUT2D eigenvalue weighted by molar-refractivity contribution is 5.95. The maximum absolute atomic E-state index is 12.4. The quantitative estimate of drug-likeness (QED) is 0.651. The molecule has 0 spiro atoms. The van der Waals surface area contributed by atoms with E-state index in [1.165, 1.54) is 19.8 Å². The third-order valence-electron chi connectivity index (χ3n) is 4.44. The number of amides is 1. The topological polar surface area (TPSA) is 115 Å². The summed E-state index contributed by atoms with van der Waals surface area (Å²) in [6.07, 6.45) is 4.45. The molecule has 2 aromatic heterocycles. The lowest BCUT2D eigenvalue weighted by Gasteiger charge is -2.39. The molecule has 10 heteroatoms. The Kier molecular flexibility index (Phi) is 4.67. The maximum atomic E-state index is 12.4. The molecule has 3 heterocycles. The van der Waals surface area contributed by atoms with Crippen LogP contribution < -0.4 is 10.2 Å². The van der Waals surface area contributed by atoms with Gasteiger partial charge in [-0.1, -0.05) is 0 Å². The van der Waals surface area contributed by atoms with Gasteiger partial charge in [-0.25, -0.2) is 24.4 Å². The van der Waals surface area contributed by atoms with Crippen LogP contribution in [0.3, 0.4) is 0 Å². The van der Waals surface area contributed by atoms with Crippen molar-refractivity contribution in [2.24, 2.45) is 5.92 Å². The molecule has 1 amide bonds. The van der Waals surface area contributed by atoms with E-state index in [1.807, 2.05) is 4.90 Å². The van der Waals surface area contributed by atoms with E-state index in [1.54, 1.807) is 41.3 Å². The average Bonchev–Trinajstić information content (AvgIpc) is 3.22. The summed E-state index contributed by atoms with van der Waals surface area (Å²) in [6, 6.07) is 8.38. The van der Waals surface area contributed by atoms with Gasteiger partial charge in [0.1, 0.15) is 24.8 Å². The average molecular weight is 379 g/mol. The molecule has 10 nitrogen and oxygen atoms in total. The number of carbonyl (C=O) groups excluding carboxylic acids is 2. The molecule has 0 radical (unpaired) electrons. The number of nitrogens with one attached hydrogen (secondary N) is 1. The SMILES string of the molecule is COC(=O)c1ccc(NC(=O)C2CN(c3cc(-n4cncn4)ncn3)C2)cc1. The summed E-state index contributed by atoms with van der Waals surface area (Å²) in [4.78, 5) is 38.2. The summed E-state index contributed by atoms with van der Waals surface area (Å²) in [5.41, 5.74) is 1.06. The molecular formula is C18H17N7O3. The van der Waals surface area contributed by atoms with Gasteiger partial charge in [0.25, 0.3) is 0 Å². The van der Waals surface area contributed by atoms with E-state index in [4.69, 9.17) is 0 Å². The Morgan fingerprint density at radius 2 is 1.86 bits per heavy atom. The van der Waals surface area contributed by atoms with Gasteiger partial charge in [-0.15, -0.1) is 0 Å². The molecule has 0 atom stereocenters. The molecule has 0 bridgehead atoms. The van der Waals surface area contributed by atoms with Crippen LogP contribution in [0, 0.1) is 5.92 Å². The van der Waals surface area contributed by atoms with Crippen LogP contribution in [-0.2, 0) is 9.53 Å². The molecule has 1 aromatic carbocycles. The largest absolute Gasteiger partial charge is 0.465 e. The molecule has 1 saturated heterocycles. The summed E-state index contributed by atoms with van der Waals surface area (Å²) < 4.78 is 6.21. The van der Waals surface area contributed by atoms with E-state index >= 15 is 0 Å². The van der Waals surface area contributed by atoms with Crippen molar-refractivity contribution >= 4 is 23.4 Å². The minimum absolute atomic E-state index is 0.0763.